The molecule has 27 heavy (non-hydrogen) atoms. The number of hydrogen-bond acceptors (Lipinski definition) is 4. The van der Waals surface area contributed by atoms with Crippen LogP contribution in [-0.2, 0) is 11.3 Å². The highest BCUT2D eigenvalue weighted by molar-refractivity contribution is 6.30. The minimum atomic E-state index is -0.742. The maximum absolute atomic E-state index is 14.3. The van der Waals surface area contributed by atoms with Gasteiger partial charge in [-0.25, -0.2) is 14.2 Å². The van der Waals surface area contributed by atoms with Crippen molar-refractivity contribution in [3.63, 3.8) is 0 Å². The number of benzene rings is 1. The molecule has 142 valence electrons. The number of carbonyl (C=O) groups excluding carboxylic acids is 1. The first kappa shape index (κ1) is 19.4. The number of rotatable bonds is 3. The van der Waals surface area contributed by atoms with Crippen LogP contribution in [0.3, 0.4) is 0 Å². The van der Waals surface area contributed by atoms with Crippen LogP contribution >= 0.6 is 23.2 Å². The van der Waals surface area contributed by atoms with Crippen molar-refractivity contribution < 1.29 is 13.9 Å². The van der Waals surface area contributed by atoms with Gasteiger partial charge in [0.2, 0.25) is 0 Å². The summed E-state index contributed by atoms with van der Waals surface area (Å²) >= 11 is 11.9. The van der Waals surface area contributed by atoms with Crippen molar-refractivity contribution in [1.29, 1.82) is 0 Å². The lowest BCUT2D eigenvalue weighted by Crippen LogP contribution is -2.37. The largest absolute Gasteiger partial charge is 0.443 e. The summed E-state index contributed by atoms with van der Waals surface area (Å²) in [4.78, 5) is 18.3. The molecule has 0 bridgehead atoms. The molecule has 2 heterocycles. The molecule has 0 unspecified atom stereocenters. The van der Waals surface area contributed by atoms with Gasteiger partial charge in [0, 0.05) is 22.7 Å². The van der Waals surface area contributed by atoms with E-state index in [1.807, 2.05) is 0 Å². The van der Waals surface area contributed by atoms with Crippen molar-refractivity contribution in [1.82, 2.24) is 14.6 Å². The molecule has 0 atom stereocenters. The maximum atomic E-state index is 14.3. The summed E-state index contributed by atoms with van der Waals surface area (Å²) in [6.45, 7) is 5.13. The van der Waals surface area contributed by atoms with Gasteiger partial charge in [0.15, 0.2) is 5.65 Å². The SMILES string of the molecule is CC(C)(C)OC(=O)N(Cc1ccc(Cl)cc1F)c1cc(Cl)nc2ccnn12. The van der Waals surface area contributed by atoms with Crippen molar-refractivity contribution in [2.75, 3.05) is 4.90 Å². The van der Waals surface area contributed by atoms with E-state index < -0.39 is 17.5 Å². The number of carbonyl (C=O) groups is 1. The molecule has 1 aromatic carbocycles. The number of nitrogens with zero attached hydrogens (tertiary/aromatic N) is 4. The first-order chi connectivity index (χ1) is 12.6. The standard InChI is InChI=1S/C18H17Cl2FN4O2/c1-18(2,3)27-17(26)24(10-11-4-5-12(19)8-13(11)21)16-9-14(20)23-15-6-7-22-25(15)16/h4-9H,10H2,1-3H3. The second kappa shape index (κ2) is 7.32. The number of anilines is 1. The molecule has 1 amide bonds. The molecule has 0 aliphatic heterocycles. The Kier molecular flexibility index (Phi) is 5.26. The van der Waals surface area contributed by atoms with Crippen molar-refractivity contribution in [3.8, 4) is 0 Å². The van der Waals surface area contributed by atoms with E-state index in [-0.39, 0.29) is 22.3 Å². The fraction of sp³-hybridized carbons (Fsp3) is 0.278. The first-order valence-corrected chi connectivity index (χ1v) is 8.84. The van der Waals surface area contributed by atoms with Crippen LogP contribution in [0.5, 0.6) is 0 Å². The second-order valence-corrected chi connectivity index (χ2v) is 7.66. The number of halogens is 3. The number of fused-ring (bicyclic) bond motifs is 1. The first-order valence-electron chi connectivity index (χ1n) is 8.09. The zero-order valence-corrected chi connectivity index (χ0v) is 16.4. The van der Waals surface area contributed by atoms with Crippen LogP contribution in [0.4, 0.5) is 15.0 Å². The molecular formula is C18H17Cl2FN4O2. The molecule has 3 rings (SSSR count). The fourth-order valence-electron chi connectivity index (χ4n) is 2.44. The molecule has 0 fully saturated rings. The van der Waals surface area contributed by atoms with Crippen LogP contribution in [0.2, 0.25) is 10.2 Å². The highest BCUT2D eigenvalue weighted by Crippen LogP contribution is 2.25. The zero-order chi connectivity index (χ0) is 19.8. The highest BCUT2D eigenvalue weighted by atomic mass is 35.5. The van der Waals surface area contributed by atoms with E-state index in [4.69, 9.17) is 27.9 Å². The molecule has 3 aromatic rings. The number of ether oxygens (including phenoxy) is 1. The van der Waals surface area contributed by atoms with Gasteiger partial charge in [-0.15, -0.1) is 0 Å². The van der Waals surface area contributed by atoms with Crippen LogP contribution < -0.4 is 4.90 Å². The Bertz CT molecular complexity index is 1000. The van der Waals surface area contributed by atoms with E-state index in [0.29, 0.717) is 11.5 Å². The van der Waals surface area contributed by atoms with Gasteiger partial charge in [-0.3, -0.25) is 4.90 Å². The lowest BCUT2D eigenvalue weighted by Gasteiger charge is -2.27. The summed E-state index contributed by atoms with van der Waals surface area (Å²) in [5.74, 6) is -0.230. The lowest BCUT2D eigenvalue weighted by molar-refractivity contribution is 0.0575. The lowest BCUT2D eigenvalue weighted by atomic mass is 10.2. The van der Waals surface area contributed by atoms with Gasteiger partial charge in [0.1, 0.15) is 22.4 Å². The third-order valence-electron chi connectivity index (χ3n) is 3.54. The summed E-state index contributed by atoms with van der Waals surface area (Å²) in [7, 11) is 0. The summed E-state index contributed by atoms with van der Waals surface area (Å²) < 4.78 is 21.3. The van der Waals surface area contributed by atoms with Gasteiger partial charge in [-0.1, -0.05) is 29.3 Å². The third kappa shape index (κ3) is 4.48. The molecular weight excluding hydrogens is 394 g/mol. The van der Waals surface area contributed by atoms with Gasteiger partial charge in [-0.2, -0.15) is 9.61 Å². The van der Waals surface area contributed by atoms with E-state index in [1.54, 1.807) is 32.9 Å². The molecule has 0 aliphatic carbocycles. The number of aromatic nitrogens is 3. The van der Waals surface area contributed by atoms with Crippen LogP contribution in [0.25, 0.3) is 5.65 Å². The normalized spacial score (nSPS) is 11.6. The summed E-state index contributed by atoms with van der Waals surface area (Å²) in [5, 5.41) is 4.60. The predicted octanol–water partition coefficient (Wildman–Crippen LogP) is 5.12. The molecule has 0 spiro atoms. The van der Waals surface area contributed by atoms with Crippen molar-refractivity contribution in [3.05, 3.63) is 58.1 Å². The van der Waals surface area contributed by atoms with E-state index in [0.717, 1.165) is 0 Å². The molecule has 0 saturated carbocycles. The van der Waals surface area contributed by atoms with E-state index in [2.05, 4.69) is 10.1 Å². The predicted molar refractivity (Wildman–Crippen MR) is 102 cm³/mol. The number of amides is 1. The minimum absolute atomic E-state index is 0.104. The average Bonchev–Trinajstić information content (AvgIpc) is 3.00. The molecule has 9 heteroatoms. The zero-order valence-electron chi connectivity index (χ0n) is 14.9. The number of hydrogen-bond donors (Lipinski definition) is 0. The molecule has 2 aromatic heterocycles. The summed E-state index contributed by atoms with van der Waals surface area (Å²) in [5.41, 5.74) is -0.0327. The van der Waals surface area contributed by atoms with Gasteiger partial charge in [0.25, 0.3) is 0 Å². The Morgan fingerprint density at radius 3 is 2.67 bits per heavy atom. The molecule has 0 saturated heterocycles. The Labute approximate surface area is 165 Å². The van der Waals surface area contributed by atoms with Gasteiger partial charge in [0.05, 0.1) is 12.7 Å². The monoisotopic (exact) mass is 410 g/mol. The smallest absolute Gasteiger partial charge is 0.416 e. The third-order valence-corrected chi connectivity index (χ3v) is 3.97. The second-order valence-electron chi connectivity index (χ2n) is 6.84. The van der Waals surface area contributed by atoms with Crippen molar-refractivity contribution in [2.24, 2.45) is 0 Å². The topological polar surface area (TPSA) is 59.7 Å². The van der Waals surface area contributed by atoms with Gasteiger partial charge in [-0.05, 0) is 32.9 Å². The molecule has 0 N–H and O–H groups in total. The summed E-state index contributed by atoms with van der Waals surface area (Å²) in [6, 6.07) is 7.37. The van der Waals surface area contributed by atoms with Crippen molar-refractivity contribution in [2.45, 2.75) is 32.9 Å². The Hall–Kier alpha value is -2.38. The Morgan fingerprint density at radius 2 is 2.00 bits per heavy atom. The average molecular weight is 411 g/mol. The van der Waals surface area contributed by atoms with Crippen LogP contribution in [0.1, 0.15) is 26.3 Å². The van der Waals surface area contributed by atoms with Crippen LogP contribution in [-0.4, -0.2) is 26.3 Å². The van der Waals surface area contributed by atoms with Gasteiger partial charge >= 0.3 is 6.09 Å². The van der Waals surface area contributed by atoms with Crippen LogP contribution in [0.15, 0.2) is 36.5 Å². The van der Waals surface area contributed by atoms with Crippen LogP contribution in [0, 0.1) is 5.82 Å². The molecule has 0 radical (unpaired) electrons. The summed E-state index contributed by atoms with van der Waals surface area (Å²) in [6.07, 6.45) is 0.856. The quantitative estimate of drug-likeness (QED) is 0.562. The van der Waals surface area contributed by atoms with E-state index in [1.165, 1.54) is 33.8 Å². The van der Waals surface area contributed by atoms with Gasteiger partial charge < -0.3 is 4.74 Å². The minimum Gasteiger partial charge on any atom is -0.443 e. The highest BCUT2D eigenvalue weighted by Gasteiger charge is 2.27. The van der Waals surface area contributed by atoms with E-state index >= 15 is 0 Å². The molecule has 0 aliphatic rings. The van der Waals surface area contributed by atoms with Crippen molar-refractivity contribution >= 4 is 40.8 Å². The molecule has 6 nitrogen and oxygen atoms in total. The Balaban J connectivity index is 2.09. The van der Waals surface area contributed by atoms with E-state index in [9.17, 15) is 9.18 Å². The maximum Gasteiger partial charge on any atom is 0.416 e. The fourth-order valence-corrected chi connectivity index (χ4v) is 2.78. The Morgan fingerprint density at radius 1 is 1.26 bits per heavy atom.